The fraction of sp³-hybridized carbons (Fsp3) is 0.364. The molecule has 1 aromatic rings. The Bertz CT molecular complexity index is 362. The molecule has 4 nitrogen and oxygen atoms in total. The maximum atomic E-state index is 11.3. The first-order chi connectivity index (χ1) is 7.04. The highest BCUT2D eigenvalue weighted by atomic mass is 16.5. The van der Waals surface area contributed by atoms with Crippen LogP contribution in [0.4, 0.5) is 11.4 Å². The van der Waals surface area contributed by atoms with Crippen LogP contribution in [0.25, 0.3) is 0 Å². The summed E-state index contributed by atoms with van der Waals surface area (Å²) in [5, 5.41) is 3.16. The number of benzene rings is 1. The average Bonchev–Trinajstić information content (AvgIpc) is 2.19. The molecule has 0 aliphatic carbocycles. The molecule has 0 heterocycles. The maximum absolute atomic E-state index is 11.3. The number of hydrogen-bond donors (Lipinski definition) is 2. The molecule has 15 heavy (non-hydrogen) atoms. The van der Waals surface area contributed by atoms with E-state index in [1.807, 2.05) is 13.8 Å². The summed E-state index contributed by atoms with van der Waals surface area (Å²) in [5.41, 5.74) is 7.64. The van der Waals surface area contributed by atoms with Crippen LogP contribution < -0.4 is 11.1 Å². The Balaban J connectivity index is 2.99. The number of nitrogens with one attached hydrogen (secondary N) is 1. The molecule has 0 atom stereocenters. The van der Waals surface area contributed by atoms with Crippen LogP contribution in [0, 0.1) is 0 Å². The molecular weight excluding hydrogens is 192 g/mol. The lowest BCUT2D eigenvalue weighted by Crippen LogP contribution is -2.12. The first kappa shape index (κ1) is 11.4. The predicted molar refractivity (Wildman–Crippen MR) is 61.0 cm³/mol. The molecule has 0 spiro atoms. The molecule has 0 saturated carbocycles. The molecular formula is C11H16N2O2. The van der Waals surface area contributed by atoms with Gasteiger partial charge in [-0.2, -0.15) is 0 Å². The second-order valence-electron chi connectivity index (χ2n) is 3.59. The molecule has 4 heteroatoms. The highest BCUT2D eigenvalue weighted by Crippen LogP contribution is 2.21. The van der Waals surface area contributed by atoms with Gasteiger partial charge in [-0.3, -0.25) is 0 Å². The van der Waals surface area contributed by atoms with Gasteiger partial charge in [-0.15, -0.1) is 0 Å². The molecule has 0 aromatic heterocycles. The van der Waals surface area contributed by atoms with E-state index >= 15 is 0 Å². The Kier molecular flexibility index (Phi) is 3.55. The summed E-state index contributed by atoms with van der Waals surface area (Å²) in [7, 11) is 1.36. The number of carbonyl (C=O) groups is 1. The summed E-state index contributed by atoms with van der Waals surface area (Å²) < 4.78 is 4.63. The van der Waals surface area contributed by atoms with Gasteiger partial charge in [-0.25, -0.2) is 4.79 Å². The largest absolute Gasteiger partial charge is 0.465 e. The van der Waals surface area contributed by atoms with Gasteiger partial charge in [0.05, 0.1) is 24.0 Å². The van der Waals surface area contributed by atoms with E-state index in [1.54, 1.807) is 18.2 Å². The molecule has 0 fully saturated rings. The fourth-order valence-electron chi connectivity index (χ4n) is 1.24. The maximum Gasteiger partial charge on any atom is 0.337 e. The van der Waals surface area contributed by atoms with Gasteiger partial charge in [0.25, 0.3) is 0 Å². The highest BCUT2D eigenvalue weighted by Gasteiger charge is 2.08. The Morgan fingerprint density at radius 1 is 1.47 bits per heavy atom. The van der Waals surface area contributed by atoms with Gasteiger partial charge in [0.15, 0.2) is 0 Å². The van der Waals surface area contributed by atoms with E-state index in [0.29, 0.717) is 11.3 Å². The number of carbonyl (C=O) groups excluding carboxylic acids is 1. The van der Waals surface area contributed by atoms with E-state index in [-0.39, 0.29) is 12.0 Å². The number of nitrogen functional groups attached to an aromatic ring is 1. The molecule has 0 bridgehead atoms. The summed E-state index contributed by atoms with van der Waals surface area (Å²) in [5.74, 6) is -0.359. The van der Waals surface area contributed by atoms with Gasteiger partial charge in [-0.1, -0.05) is 0 Å². The van der Waals surface area contributed by atoms with Crippen LogP contribution in [0.2, 0.25) is 0 Å². The van der Waals surface area contributed by atoms with Gasteiger partial charge < -0.3 is 15.8 Å². The molecule has 0 unspecified atom stereocenters. The van der Waals surface area contributed by atoms with Crippen molar-refractivity contribution in [2.75, 3.05) is 18.2 Å². The Morgan fingerprint density at radius 3 is 2.67 bits per heavy atom. The summed E-state index contributed by atoms with van der Waals surface area (Å²) in [6, 6.07) is 5.30. The molecule has 0 aliphatic heterocycles. The molecule has 1 aromatic carbocycles. The minimum atomic E-state index is -0.359. The first-order valence-electron chi connectivity index (χ1n) is 4.79. The molecule has 3 N–H and O–H groups in total. The molecule has 0 radical (unpaired) electrons. The molecule has 0 saturated heterocycles. The third-order valence-corrected chi connectivity index (χ3v) is 1.92. The van der Waals surface area contributed by atoms with Crippen molar-refractivity contribution < 1.29 is 9.53 Å². The van der Waals surface area contributed by atoms with Crippen molar-refractivity contribution in [2.24, 2.45) is 0 Å². The number of nitrogens with two attached hydrogens (primary N) is 1. The van der Waals surface area contributed by atoms with Crippen LogP contribution in [-0.2, 0) is 4.74 Å². The number of esters is 1. The summed E-state index contributed by atoms with van der Waals surface area (Å²) in [6.45, 7) is 4.01. The highest BCUT2D eigenvalue weighted by molar-refractivity contribution is 5.91. The van der Waals surface area contributed by atoms with E-state index in [9.17, 15) is 4.79 Å². The zero-order valence-corrected chi connectivity index (χ0v) is 9.20. The van der Waals surface area contributed by atoms with Crippen molar-refractivity contribution in [1.29, 1.82) is 0 Å². The minimum absolute atomic E-state index is 0.264. The van der Waals surface area contributed by atoms with E-state index in [1.165, 1.54) is 7.11 Å². The number of anilines is 2. The first-order valence-corrected chi connectivity index (χ1v) is 4.79. The molecule has 0 aliphatic rings. The third-order valence-electron chi connectivity index (χ3n) is 1.92. The molecule has 82 valence electrons. The number of ether oxygens (including phenoxy) is 1. The quantitative estimate of drug-likeness (QED) is 0.588. The Morgan fingerprint density at radius 2 is 2.13 bits per heavy atom. The zero-order valence-electron chi connectivity index (χ0n) is 9.20. The topological polar surface area (TPSA) is 64.3 Å². The van der Waals surface area contributed by atoms with Crippen LogP contribution in [0.15, 0.2) is 18.2 Å². The standard InChI is InChI=1S/C11H16N2O2/c1-7(2)13-10-6-8(11(14)15-3)4-5-9(10)12/h4-7,13H,12H2,1-3H3. The van der Waals surface area contributed by atoms with Crippen LogP contribution >= 0.6 is 0 Å². The summed E-state index contributed by atoms with van der Waals surface area (Å²) >= 11 is 0. The number of methoxy groups -OCH3 is 1. The third kappa shape index (κ3) is 2.87. The van der Waals surface area contributed by atoms with Crippen molar-refractivity contribution in [3.63, 3.8) is 0 Å². The summed E-state index contributed by atoms with van der Waals surface area (Å²) in [4.78, 5) is 11.3. The minimum Gasteiger partial charge on any atom is -0.465 e. The van der Waals surface area contributed by atoms with Crippen molar-refractivity contribution >= 4 is 17.3 Å². The van der Waals surface area contributed by atoms with Crippen molar-refractivity contribution in [3.8, 4) is 0 Å². The lowest BCUT2D eigenvalue weighted by atomic mass is 10.1. The number of hydrogen-bond acceptors (Lipinski definition) is 4. The zero-order chi connectivity index (χ0) is 11.4. The monoisotopic (exact) mass is 208 g/mol. The van der Waals surface area contributed by atoms with Crippen LogP contribution in [0.3, 0.4) is 0 Å². The van der Waals surface area contributed by atoms with Crippen molar-refractivity contribution in [3.05, 3.63) is 23.8 Å². The average molecular weight is 208 g/mol. The Labute approximate surface area is 89.4 Å². The van der Waals surface area contributed by atoms with Gasteiger partial charge in [-0.05, 0) is 32.0 Å². The normalized spacial score (nSPS) is 10.1. The van der Waals surface area contributed by atoms with Crippen LogP contribution in [0.5, 0.6) is 0 Å². The van der Waals surface area contributed by atoms with E-state index in [4.69, 9.17) is 5.73 Å². The van der Waals surface area contributed by atoms with Crippen LogP contribution in [0.1, 0.15) is 24.2 Å². The lowest BCUT2D eigenvalue weighted by molar-refractivity contribution is 0.0601. The SMILES string of the molecule is COC(=O)c1ccc(N)c(NC(C)C)c1. The lowest BCUT2D eigenvalue weighted by Gasteiger charge is -2.13. The fourth-order valence-corrected chi connectivity index (χ4v) is 1.24. The predicted octanol–water partition coefficient (Wildman–Crippen LogP) is 1.88. The molecule has 0 amide bonds. The smallest absolute Gasteiger partial charge is 0.337 e. The van der Waals surface area contributed by atoms with Crippen molar-refractivity contribution in [1.82, 2.24) is 0 Å². The van der Waals surface area contributed by atoms with Crippen molar-refractivity contribution in [2.45, 2.75) is 19.9 Å². The van der Waals surface area contributed by atoms with Gasteiger partial charge >= 0.3 is 5.97 Å². The number of rotatable bonds is 3. The second kappa shape index (κ2) is 4.68. The van der Waals surface area contributed by atoms with Gasteiger partial charge in [0, 0.05) is 6.04 Å². The van der Waals surface area contributed by atoms with E-state index in [2.05, 4.69) is 10.1 Å². The van der Waals surface area contributed by atoms with E-state index < -0.39 is 0 Å². The molecule has 1 rings (SSSR count). The summed E-state index contributed by atoms with van der Waals surface area (Å²) in [6.07, 6.45) is 0. The Hall–Kier alpha value is -1.71. The van der Waals surface area contributed by atoms with Crippen LogP contribution in [-0.4, -0.2) is 19.1 Å². The van der Waals surface area contributed by atoms with Gasteiger partial charge in [0.2, 0.25) is 0 Å². The van der Waals surface area contributed by atoms with E-state index in [0.717, 1.165) is 5.69 Å². The van der Waals surface area contributed by atoms with Gasteiger partial charge in [0.1, 0.15) is 0 Å². The second-order valence-corrected chi connectivity index (χ2v) is 3.59.